The molecule has 1 aliphatic rings. The van der Waals surface area contributed by atoms with Crippen molar-refractivity contribution in [2.75, 3.05) is 12.5 Å². The Kier molecular flexibility index (Phi) is 8.23. The first-order chi connectivity index (χ1) is 15.5. The van der Waals surface area contributed by atoms with E-state index in [2.05, 4.69) is 128 Å². The van der Waals surface area contributed by atoms with Gasteiger partial charge in [0.15, 0.2) is 0 Å². The predicted octanol–water partition coefficient (Wildman–Crippen LogP) is 9.62. The third-order valence-electron chi connectivity index (χ3n) is 7.45. The van der Waals surface area contributed by atoms with Crippen LogP contribution < -0.4 is 0 Å². The van der Waals surface area contributed by atoms with Gasteiger partial charge in [0.1, 0.15) is 0 Å². The Hall–Kier alpha value is -0.643. The Morgan fingerprint density at radius 2 is 1.12 bits per heavy atom. The Labute approximate surface area is 220 Å². The summed E-state index contributed by atoms with van der Waals surface area (Å²) < 4.78 is 0. The van der Waals surface area contributed by atoms with Crippen molar-refractivity contribution in [3.63, 3.8) is 0 Å². The molecular weight excluding hydrogens is 465 g/mol. The summed E-state index contributed by atoms with van der Waals surface area (Å²) in [4.78, 5) is 0. The van der Waals surface area contributed by atoms with Crippen LogP contribution in [0.25, 0.3) is 0 Å². The van der Waals surface area contributed by atoms with Crippen molar-refractivity contribution in [2.24, 2.45) is 0 Å². The van der Waals surface area contributed by atoms with Crippen LogP contribution in [-0.2, 0) is 29.7 Å². The molecule has 34 heavy (non-hydrogen) atoms. The second kappa shape index (κ2) is 10.0. The minimum Gasteiger partial charge on any atom is -0.157 e. The van der Waals surface area contributed by atoms with Crippen LogP contribution in [0.3, 0.4) is 0 Å². The fourth-order valence-corrected chi connectivity index (χ4v) is 8.29. The SMILES string of the molecule is CSC1Cc2cc(C(C)(C)C)cc(c2C)CC(SC)c2cc(C(C)(C)C)cc1c2C[Si](C)(C)C. The van der Waals surface area contributed by atoms with Gasteiger partial charge in [-0.1, -0.05) is 85.4 Å². The fourth-order valence-electron chi connectivity index (χ4n) is 5.20. The van der Waals surface area contributed by atoms with Crippen LogP contribution in [0.2, 0.25) is 19.6 Å². The van der Waals surface area contributed by atoms with Crippen molar-refractivity contribution in [1.82, 2.24) is 0 Å². The summed E-state index contributed by atoms with van der Waals surface area (Å²) in [5.41, 5.74) is 12.9. The van der Waals surface area contributed by atoms with Crippen molar-refractivity contribution < 1.29 is 0 Å². The zero-order chi connectivity index (χ0) is 25.6. The van der Waals surface area contributed by atoms with Gasteiger partial charge in [-0.2, -0.15) is 23.5 Å². The average Bonchev–Trinajstić information content (AvgIpc) is 2.69. The molecular formula is C31H48S2Si. The van der Waals surface area contributed by atoms with Crippen LogP contribution in [0.15, 0.2) is 24.3 Å². The maximum absolute atomic E-state index is 2.60. The molecule has 2 aromatic rings. The molecule has 0 heterocycles. The zero-order valence-corrected chi connectivity index (χ0v) is 26.5. The molecule has 0 saturated carbocycles. The third-order valence-corrected chi connectivity index (χ3v) is 10.8. The van der Waals surface area contributed by atoms with E-state index in [4.69, 9.17) is 0 Å². The van der Waals surface area contributed by atoms with Gasteiger partial charge in [-0.05, 0) is 93.7 Å². The van der Waals surface area contributed by atoms with E-state index in [1.165, 1.54) is 22.7 Å². The van der Waals surface area contributed by atoms with Gasteiger partial charge < -0.3 is 0 Å². The van der Waals surface area contributed by atoms with Gasteiger partial charge >= 0.3 is 0 Å². The van der Waals surface area contributed by atoms with Gasteiger partial charge in [0.2, 0.25) is 0 Å². The van der Waals surface area contributed by atoms with E-state index in [0.717, 1.165) is 12.8 Å². The molecule has 0 fully saturated rings. The second-order valence-corrected chi connectivity index (χ2v) is 21.2. The summed E-state index contributed by atoms with van der Waals surface area (Å²) in [6.07, 6.45) is 6.90. The molecule has 0 radical (unpaired) electrons. The Morgan fingerprint density at radius 1 is 0.735 bits per heavy atom. The molecule has 0 aliphatic heterocycles. The van der Waals surface area contributed by atoms with E-state index in [-0.39, 0.29) is 10.8 Å². The van der Waals surface area contributed by atoms with Crippen molar-refractivity contribution >= 4 is 31.6 Å². The van der Waals surface area contributed by atoms with Crippen LogP contribution in [0, 0.1) is 6.92 Å². The van der Waals surface area contributed by atoms with E-state index in [1.54, 1.807) is 27.8 Å². The van der Waals surface area contributed by atoms with Gasteiger partial charge in [0.05, 0.1) is 0 Å². The van der Waals surface area contributed by atoms with Crippen molar-refractivity contribution in [2.45, 2.75) is 108 Å². The Balaban J connectivity index is 2.37. The van der Waals surface area contributed by atoms with Gasteiger partial charge in [0.25, 0.3) is 0 Å². The number of rotatable bonds is 4. The highest BCUT2D eigenvalue weighted by Crippen LogP contribution is 2.45. The molecule has 0 N–H and O–H groups in total. The minimum absolute atomic E-state index is 0.154. The van der Waals surface area contributed by atoms with Crippen LogP contribution in [-0.4, -0.2) is 20.6 Å². The van der Waals surface area contributed by atoms with E-state index in [1.807, 2.05) is 0 Å². The summed E-state index contributed by atoms with van der Waals surface area (Å²) in [5, 5.41) is 0.990. The fraction of sp³-hybridized carbons (Fsp3) is 0.613. The summed E-state index contributed by atoms with van der Waals surface area (Å²) in [6, 6.07) is 11.5. The minimum atomic E-state index is -1.29. The molecule has 188 valence electrons. The molecule has 0 nitrogen and oxygen atoms in total. The molecule has 3 rings (SSSR count). The lowest BCUT2D eigenvalue weighted by Gasteiger charge is -2.34. The number of thioether (sulfide) groups is 2. The quantitative estimate of drug-likeness (QED) is 0.374. The second-order valence-electron chi connectivity index (χ2n) is 13.6. The van der Waals surface area contributed by atoms with Crippen LogP contribution in [0.1, 0.15) is 96.5 Å². The molecule has 0 spiro atoms. The van der Waals surface area contributed by atoms with Crippen LogP contribution in [0.4, 0.5) is 0 Å². The Morgan fingerprint density at radius 3 is 1.44 bits per heavy atom. The lowest BCUT2D eigenvalue weighted by atomic mass is 9.78. The molecule has 0 amide bonds. The van der Waals surface area contributed by atoms with Gasteiger partial charge in [-0.25, -0.2) is 0 Å². The average molecular weight is 513 g/mol. The molecule has 0 aromatic heterocycles. The maximum Gasteiger partial charge on any atom is 0.0487 e. The summed E-state index contributed by atoms with van der Waals surface area (Å²) in [5.74, 6) is 0. The van der Waals surface area contributed by atoms with E-state index < -0.39 is 8.07 Å². The van der Waals surface area contributed by atoms with Crippen LogP contribution >= 0.6 is 23.5 Å². The molecule has 0 saturated heterocycles. The predicted molar refractivity (Wildman–Crippen MR) is 162 cm³/mol. The number of hydrogen-bond donors (Lipinski definition) is 0. The van der Waals surface area contributed by atoms with Gasteiger partial charge in [-0.3, -0.25) is 0 Å². The summed E-state index contributed by atoms with van der Waals surface area (Å²) >= 11 is 4.11. The first-order valence-electron chi connectivity index (χ1n) is 12.9. The Bertz CT molecular complexity index is 975. The van der Waals surface area contributed by atoms with E-state index >= 15 is 0 Å². The monoisotopic (exact) mass is 512 g/mol. The first kappa shape index (κ1) is 27.9. The van der Waals surface area contributed by atoms with E-state index in [0.29, 0.717) is 10.5 Å². The summed E-state index contributed by atoms with van der Waals surface area (Å²) in [6.45, 7) is 24.2. The van der Waals surface area contributed by atoms with Crippen LogP contribution in [0.5, 0.6) is 0 Å². The zero-order valence-electron chi connectivity index (χ0n) is 23.9. The highest BCUT2D eigenvalue weighted by molar-refractivity contribution is 7.99. The molecule has 4 bridgehead atoms. The highest BCUT2D eigenvalue weighted by Gasteiger charge is 2.31. The standard InChI is InChI=1S/C31H48S2Si/c1-20-21-13-23(30(2,3)4)14-22(20)16-29(33-9)26-18-24(31(5,6)7)17-25(28(15-21)32-8)27(26)19-34(10,11)12/h13-14,17-18,28-29H,15-16,19H2,1-12H3. The van der Waals surface area contributed by atoms with Crippen molar-refractivity contribution in [1.29, 1.82) is 0 Å². The smallest absolute Gasteiger partial charge is 0.0487 e. The summed E-state index contributed by atoms with van der Waals surface area (Å²) in [7, 11) is -1.29. The molecule has 3 heteroatoms. The lowest BCUT2D eigenvalue weighted by molar-refractivity contribution is 0.584. The number of benzene rings is 2. The molecule has 2 aromatic carbocycles. The van der Waals surface area contributed by atoms with Gasteiger partial charge in [0, 0.05) is 18.6 Å². The van der Waals surface area contributed by atoms with E-state index in [9.17, 15) is 0 Å². The largest absolute Gasteiger partial charge is 0.157 e. The van der Waals surface area contributed by atoms with Crippen molar-refractivity contribution in [3.05, 3.63) is 68.8 Å². The number of hydrogen-bond acceptors (Lipinski definition) is 2. The highest BCUT2D eigenvalue weighted by atomic mass is 32.2. The maximum atomic E-state index is 2.60. The normalized spacial score (nSPS) is 19.3. The topological polar surface area (TPSA) is 0 Å². The molecule has 2 atom stereocenters. The third kappa shape index (κ3) is 6.18. The molecule has 1 aliphatic carbocycles. The lowest BCUT2D eigenvalue weighted by Crippen LogP contribution is -2.28. The first-order valence-corrected chi connectivity index (χ1v) is 19.2. The molecule has 2 unspecified atom stereocenters. The van der Waals surface area contributed by atoms with Crippen molar-refractivity contribution in [3.8, 4) is 0 Å². The van der Waals surface area contributed by atoms with Gasteiger partial charge in [-0.15, -0.1) is 0 Å². The number of fused-ring (bicyclic) bond motifs is 4.